The van der Waals surface area contributed by atoms with Crippen molar-refractivity contribution in [3.8, 4) is 0 Å². The van der Waals surface area contributed by atoms with E-state index in [9.17, 15) is 14.4 Å². The number of aromatic nitrogens is 1. The molecule has 0 bridgehead atoms. The minimum atomic E-state index is -0.892. The van der Waals surface area contributed by atoms with Crippen LogP contribution in [0.25, 0.3) is 0 Å². The van der Waals surface area contributed by atoms with E-state index in [1.165, 1.54) is 17.4 Å². The summed E-state index contributed by atoms with van der Waals surface area (Å²) in [5, 5.41) is 7.83. The summed E-state index contributed by atoms with van der Waals surface area (Å²) in [6.07, 6.45) is 4.72. The van der Waals surface area contributed by atoms with E-state index >= 15 is 0 Å². The van der Waals surface area contributed by atoms with E-state index in [0.29, 0.717) is 11.4 Å². The molecule has 4 rings (SSSR count). The number of ether oxygens (including phenoxy) is 1. The largest absolute Gasteiger partial charge is 0.445 e. The third kappa shape index (κ3) is 9.05. The fourth-order valence-electron chi connectivity index (χ4n) is 3.90. The molecular weight excluding hydrogens is 510 g/mol. The van der Waals surface area contributed by atoms with E-state index < -0.39 is 18.2 Å². The highest BCUT2D eigenvalue weighted by Crippen LogP contribution is 2.10. The molecule has 198 valence electrons. The van der Waals surface area contributed by atoms with Gasteiger partial charge in [0.05, 0.1) is 6.04 Å². The van der Waals surface area contributed by atoms with Crippen LogP contribution >= 0.6 is 11.3 Å². The molecule has 0 aliphatic carbocycles. The highest BCUT2D eigenvalue weighted by molar-refractivity contribution is 7.11. The van der Waals surface area contributed by atoms with Gasteiger partial charge in [0.15, 0.2) is 5.01 Å². The Hall–Kier alpha value is -4.56. The maximum Gasteiger partial charge on any atom is 0.408 e. The number of nitrogens with zero attached hydrogens (tertiary/aromatic N) is 1. The SMILES string of the molecule is O=C(N[C@@H](Cc1ccccc1)C(=O)N[C@H](C=CC(=O)c1nccs1)Cc1ccccc1)OCc1ccccc1. The number of allylic oxidation sites excluding steroid dienone is 1. The molecule has 0 aliphatic heterocycles. The topological polar surface area (TPSA) is 97.4 Å². The van der Waals surface area contributed by atoms with Gasteiger partial charge < -0.3 is 15.4 Å². The van der Waals surface area contributed by atoms with E-state index in [0.717, 1.165) is 16.7 Å². The average Bonchev–Trinajstić information content (AvgIpc) is 3.51. The van der Waals surface area contributed by atoms with Crippen molar-refractivity contribution < 1.29 is 19.1 Å². The van der Waals surface area contributed by atoms with Gasteiger partial charge in [0, 0.05) is 18.0 Å². The summed E-state index contributed by atoms with van der Waals surface area (Å²) in [6.45, 7) is 0.0879. The lowest BCUT2D eigenvalue weighted by molar-refractivity contribution is -0.123. The number of rotatable bonds is 12. The van der Waals surface area contributed by atoms with E-state index in [2.05, 4.69) is 15.6 Å². The summed E-state index contributed by atoms with van der Waals surface area (Å²) < 4.78 is 5.37. The van der Waals surface area contributed by atoms with Crippen molar-refractivity contribution in [1.29, 1.82) is 0 Å². The highest BCUT2D eigenvalue weighted by Gasteiger charge is 2.24. The number of nitrogens with one attached hydrogen (secondary N) is 2. The first-order valence-corrected chi connectivity index (χ1v) is 13.4. The summed E-state index contributed by atoms with van der Waals surface area (Å²) >= 11 is 1.26. The first-order chi connectivity index (χ1) is 19.1. The van der Waals surface area contributed by atoms with Crippen LogP contribution in [-0.2, 0) is 29.0 Å². The van der Waals surface area contributed by atoms with Crippen LogP contribution < -0.4 is 10.6 Å². The fraction of sp³-hybridized carbons (Fsp3) is 0.161. The second-order valence-corrected chi connectivity index (χ2v) is 9.71. The standard InChI is InChI=1S/C31H29N3O4S/c35-28(30-32-18-19-39-30)17-16-26(20-23-10-4-1-5-11-23)33-29(36)27(21-24-12-6-2-7-13-24)34-31(37)38-22-25-14-8-3-9-15-25/h1-19,26-27H,20-22H2,(H,33,36)(H,34,37)/t26-,27+/m1/s1. The lowest BCUT2D eigenvalue weighted by Crippen LogP contribution is -2.51. The van der Waals surface area contributed by atoms with Crippen molar-refractivity contribution in [3.63, 3.8) is 0 Å². The van der Waals surface area contributed by atoms with Gasteiger partial charge in [-0.05, 0) is 29.2 Å². The van der Waals surface area contributed by atoms with Crippen molar-refractivity contribution in [2.24, 2.45) is 0 Å². The van der Waals surface area contributed by atoms with Crippen molar-refractivity contribution >= 4 is 29.1 Å². The zero-order valence-corrected chi connectivity index (χ0v) is 22.1. The molecule has 0 unspecified atom stereocenters. The zero-order chi connectivity index (χ0) is 27.3. The molecule has 2 atom stereocenters. The first-order valence-electron chi connectivity index (χ1n) is 12.5. The third-order valence-electron chi connectivity index (χ3n) is 5.85. The minimum Gasteiger partial charge on any atom is -0.445 e. The molecular formula is C31H29N3O4S. The molecule has 3 aromatic carbocycles. The Labute approximate surface area is 231 Å². The van der Waals surface area contributed by atoms with Crippen LogP contribution in [0.5, 0.6) is 0 Å². The average molecular weight is 540 g/mol. The van der Waals surface area contributed by atoms with Gasteiger partial charge in [-0.15, -0.1) is 11.3 Å². The normalized spacial score (nSPS) is 12.4. The van der Waals surface area contributed by atoms with Gasteiger partial charge >= 0.3 is 6.09 Å². The second kappa shape index (κ2) is 14.4. The number of hydrogen-bond donors (Lipinski definition) is 2. The van der Waals surface area contributed by atoms with Gasteiger partial charge in [0.1, 0.15) is 12.6 Å². The van der Waals surface area contributed by atoms with Crippen LogP contribution in [0.15, 0.2) is 115 Å². The predicted molar refractivity (Wildman–Crippen MR) is 151 cm³/mol. The lowest BCUT2D eigenvalue weighted by Gasteiger charge is -2.22. The molecule has 0 saturated heterocycles. The molecule has 39 heavy (non-hydrogen) atoms. The van der Waals surface area contributed by atoms with E-state index in [1.54, 1.807) is 17.7 Å². The maximum atomic E-state index is 13.5. The number of carbonyl (C=O) groups is 3. The molecule has 0 radical (unpaired) electrons. The van der Waals surface area contributed by atoms with Crippen LogP contribution in [0.3, 0.4) is 0 Å². The Morgan fingerprint density at radius 2 is 1.38 bits per heavy atom. The maximum absolute atomic E-state index is 13.5. The molecule has 2 N–H and O–H groups in total. The van der Waals surface area contributed by atoms with Gasteiger partial charge in [0.25, 0.3) is 0 Å². The molecule has 2 amide bonds. The van der Waals surface area contributed by atoms with Crippen molar-refractivity contribution in [3.05, 3.63) is 136 Å². The Morgan fingerprint density at radius 3 is 1.97 bits per heavy atom. The van der Waals surface area contributed by atoms with Crippen molar-refractivity contribution in [2.75, 3.05) is 0 Å². The number of hydrogen-bond acceptors (Lipinski definition) is 6. The second-order valence-electron chi connectivity index (χ2n) is 8.81. The monoisotopic (exact) mass is 539 g/mol. The van der Waals surface area contributed by atoms with Gasteiger partial charge in [-0.1, -0.05) is 97.1 Å². The summed E-state index contributed by atoms with van der Waals surface area (Å²) in [6, 6.07) is 27.0. The number of carbonyl (C=O) groups excluding carboxylic acids is 3. The molecule has 7 nitrogen and oxygen atoms in total. The van der Waals surface area contributed by atoms with Gasteiger partial charge in [-0.3, -0.25) is 9.59 Å². The summed E-state index contributed by atoms with van der Waals surface area (Å²) in [5.41, 5.74) is 2.72. The van der Waals surface area contributed by atoms with Gasteiger partial charge in [0.2, 0.25) is 11.7 Å². The summed E-state index contributed by atoms with van der Waals surface area (Å²) in [5.74, 6) is -0.622. The van der Waals surface area contributed by atoms with Crippen LogP contribution in [0.1, 0.15) is 26.5 Å². The molecule has 1 heterocycles. The Morgan fingerprint density at radius 1 is 0.795 bits per heavy atom. The molecule has 0 saturated carbocycles. The minimum absolute atomic E-state index is 0.0879. The molecule has 1 aromatic heterocycles. The van der Waals surface area contributed by atoms with Gasteiger partial charge in [-0.25, -0.2) is 9.78 Å². The first kappa shape index (κ1) is 27.5. The fourth-order valence-corrected chi connectivity index (χ4v) is 4.46. The number of ketones is 1. The molecule has 0 aliphatic rings. The van der Waals surface area contributed by atoms with E-state index in [4.69, 9.17) is 4.74 Å². The molecule has 0 fully saturated rings. The number of alkyl carbamates (subject to hydrolysis) is 1. The van der Waals surface area contributed by atoms with Crippen molar-refractivity contribution in [1.82, 2.24) is 15.6 Å². The highest BCUT2D eigenvalue weighted by atomic mass is 32.1. The molecule has 8 heteroatoms. The van der Waals surface area contributed by atoms with Gasteiger partial charge in [-0.2, -0.15) is 0 Å². The van der Waals surface area contributed by atoms with Crippen LogP contribution in [0.2, 0.25) is 0 Å². The lowest BCUT2D eigenvalue weighted by atomic mass is 10.0. The summed E-state index contributed by atoms with van der Waals surface area (Å²) in [4.78, 5) is 42.8. The van der Waals surface area contributed by atoms with E-state index in [1.807, 2.05) is 91.0 Å². The third-order valence-corrected chi connectivity index (χ3v) is 6.64. The summed E-state index contributed by atoms with van der Waals surface area (Å²) in [7, 11) is 0. The Balaban J connectivity index is 1.48. The zero-order valence-electron chi connectivity index (χ0n) is 21.2. The Kier molecular flexibility index (Phi) is 10.1. The Bertz CT molecular complexity index is 1360. The number of thiazole rings is 1. The number of benzene rings is 3. The predicted octanol–water partition coefficient (Wildman–Crippen LogP) is 5.15. The van der Waals surface area contributed by atoms with Crippen LogP contribution in [0.4, 0.5) is 4.79 Å². The van der Waals surface area contributed by atoms with Crippen molar-refractivity contribution in [2.45, 2.75) is 31.5 Å². The smallest absolute Gasteiger partial charge is 0.408 e. The van der Waals surface area contributed by atoms with Crippen LogP contribution in [0, 0.1) is 0 Å². The quantitative estimate of drug-likeness (QED) is 0.192. The number of amides is 2. The van der Waals surface area contributed by atoms with Crippen LogP contribution in [-0.4, -0.2) is 34.9 Å². The molecule has 4 aromatic rings. The molecule has 0 spiro atoms. The van der Waals surface area contributed by atoms with E-state index in [-0.39, 0.29) is 24.7 Å².